The van der Waals surface area contributed by atoms with Crippen LogP contribution in [0.4, 0.5) is 13.2 Å². The summed E-state index contributed by atoms with van der Waals surface area (Å²) in [4.78, 5) is 11.8. The number of rotatable bonds is 8. The maximum atomic E-state index is 12.1. The fourth-order valence-electron chi connectivity index (χ4n) is 2.11. The Labute approximate surface area is 145 Å². The molecule has 4 nitrogen and oxygen atoms in total. The molecule has 0 radical (unpaired) electrons. The van der Waals surface area contributed by atoms with Gasteiger partial charge in [0.15, 0.2) is 6.61 Å². The monoisotopic (exact) mass is 366 g/mol. The number of alkyl halides is 3. The molecule has 2 N–H and O–H groups in total. The van der Waals surface area contributed by atoms with Crippen molar-refractivity contribution in [2.75, 3.05) is 19.7 Å². The number of carbonyl (C=O) groups is 1. The van der Waals surface area contributed by atoms with Crippen molar-refractivity contribution in [1.29, 1.82) is 0 Å². The van der Waals surface area contributed by atoms with Gasteiger partial charge in [-0.05, 0) is 49.9 Å². The highest BCUT2D eigenvalue weighted by molar-refractivity contribution is 5.85. The van der Waals surface area contributed by atoms with Crippen LogP contribution in [0.25, 0.3) is 0 Å². The van der Waals surface area contributed by atoms with Crippen LogP contribution in [0.5, 0.6) is 5.75 Å². The molecular weight excluding hydrogens is 345 g/mol. The van der Waals surface area contributed by atoms with E-state index in [-0.39, 0.29) is 36.7 Å². The van der Waals surface area contributed by atoms with E-state index in [9.17, 15) is 18.0 Å². The van der Waals surface area contributed by atoms with Crippen molar-refractivity contribution < 1.29 is 22.7 Å². The van der Waals surface area contributed by atoms with E-state index in [1.807, 2.05) is 6.92 Å². The number of hydrogen-bond acceptors (Lipinski definition) is 3. The second kappa shape index (κ2) is 9.13. The number of amides is 1. The highest BCUT2D eigenvalue weighted by Gasteiger charge is 2.28. The smallest absolute Gasteiger partial charge is 0.422 e. The Kier molecular flexibility index (Phi) is 7.83. The third kappa shape index (κ3) is 7.88. The summed E-state index contributed by atoms with van der Waals surface area (Å²) in [5.41, 5.74) is 0.805. The number of ether oxygens (including phenoxy) is 1. The zero-order valence-corrected chi connectivity index (χ0v) is 14.2. The van der Waals surface area contributed by atoms with E-state index < -0.39 is 12.8 Å². The lowest BCUT2D eigenvalue weighted by Gasteiger charge is -2.15. The lowest BCUT2D eigenvalue weighted by molar-refractivity contribution is -0.153. The zero-order chi connectivity index (χ0) is 16.9. The van der Waals surface area contributed by atoms with E-state index >= 15 is 0 Å². The molecule has 1 fully saturated rings. The average Bonchev–Trinajstić information content (AvgIpc) is 3.29. The van der Waals surface area contributed by atoms with Crippen LogP contribution in [0.1, 0.15) is 31.4 Å². The number of carbonyl (C=O) groups excluding carboxylic acids is 1. The molecule has 1 aromatic rings. The van der Waals surface area contributed by atoms with Gasteiger partial charge >= 0.3 is 6.18 Å². The third-order valence-electron chi connectivity index (χ3n) is 3.58. The lowest BCUT2D eigenvalue weighted by atomic mass is 10.1. The van der Waals surface area contributed by atoms with Crippen LogP contribution in [-0.2, 0) is 4.79 Å². The van der Waals surface area contributed by atoms with E-state index in [1.165, 1.54) is 25.0 Å². The van der Waals surface area contributed by atoms with Gasteiger partial charge in [-0.25, -0.2) is 0 Å². The predicted octanol–water partition coefficient (Wildman–Crippen LogP) is 3.23. The molecule has 0 aliphatic heterocycles. The molecule has 0 aromatic heterocycles. The van der Waals surface area contributed by atoms with Crippen LogP contribution >= 0.6 is 12.4 Å². The molecule has 24 heavy (non-hydrogen) atoms. The molecule has 0 saturated heterocycles. The van der Waals surface area contributed by atoms with Gasteiger partial charge in [0.05, 0.1) is 12.6 Å². The summed E-state index contributed by atoms with van der Waals surface area (Å²) >= 11 is 0. The Morgan fingerprint density at radius 3 is 2.46 bits per heavy atom. The number of benzene rings is 1. The van der Waals surface area contributed by atoms with Gasteiger partial charge in [-0.2, -0.15) is 13.2 Å². The van der Waals surface area contributed by atoms with E-state index in [0.717, 1.165) is 12.1 Å². The Morgan fingerprint density at radius 2 is 1.92 bits per heavy atom. The molecular formula is C16H22ClF3N2O2. The van der Waals surface area contributed by atoms with Gasteiger partial charge in [-0.1, -0.05) is 12.1 Å². The molecule has 1 saturated carbocycles. The SMILES string of the molecule is CC(NC(=O)CNCC1CC1)c1ccc(OCC(F)(F)F)cc1.Cl. The highest BCUT2D eigenvalue weighted by atomic mass is 35.5. The molecule has 1 atom stereocenters. The molecule has 1 aliphatic carbocycles. The first-order valence-corrected chi connectivity index (χ1v) is 7.63. The molecule has 1 unspecified atom stereocenters. The van der Waals surface area contributed by atoms with Crippen LogP contribution in [0.3, 0.4) is 0 Å². The van der Waals surface area contributed by atoms with Gasteiger partial charge in [-0.3, -0.25) is 4.79 Å². The highest BCUT2D eigenvalue weighted by Crippen LogP contribution is 2.27. The minimum absolute atomic E-state index is 0. The first-order chi connectivity index (χ1) is 10.8. The number of nitrogens with one attached hydrogen (secondary N) is 2. The van der Waals surface area contributed by atoms with Crippen LogP contribution in [0.2, 0.25) is 0 Å². The minimum Gasteiger partial charge on any atom is -0.484 e. The predicted molar refractivity (Wildman–Crippen MR) is 87.4 cm³/mol. The summed E-state index contributed by atoms with van der Waals surface area (Å²) in [7, 11) is 0. The Hall–Kier alpha value is -1.47. The largest absolute Gasteiger partial charge is 0.484 e. The van der Waals surface area contributed by atoms with Crippen LogP contribution < -0.4 is 15.4 Å². The van der Waals surface area contributed by atoms with Gasteiger partial charge < -0.3 is 15.4 Å². The summed E-state index contributed by atoms with van der Waals surface area (Å²) in [5.74, 6) is 0.760. The fourth-order valence-corrected chi connectivity index (χ4v) is 2.11. The summed E-state index contributed by atoms with van der Waals surface area (Å²) in [6, 6.07) is 6.01. The van der Waals surface area contributed by atoms with Crippen molar-refractivity contribution in [2.45, 2.75) is 32.0 Å². The fraction of sp³-hybridized carbons (Fsp3) is 0.562. The summed E-state index contributed by atoms with van der Waals surface area (Å²) in [5, 5.41) is 5.95. The maximum Gasteiger partial charge on any atom is 0.422 e. The van der Waals surface area contributed by atoms with Crippen molar-refractivity contribution in [3.05, 3.63) is 29.8 Å². The number of halogens is 4. The van der Waals surface area contributed by atoms with E-state index in [4.69, 9.17) is 0 Å². The van der Waals surface area contributed by atoms with Gasteiger partial charge in [-0.15, -0.1) is 12.4 Å². The molecule has 136 valence electrons. The Balaban J connectivity index is 0.00000288. The van der Waals surface area contributed by atoms with Crippen molar-refractivity contribution in [3.8, 4) is 5.75 Å². The standard InChI is InChI=1S/C16H21F3N2O2.ClH/c1-11(21-15(22)9-20-8-12-2-3-12)13-4-6-14(7-5-13)23-10-16(17,18)19;/h4-7,11-12,20H,2-3,8-10H2,1H3,(H,21,22);1H. The summed E-state index contributed by atoms with van der Waals surface area (Å²) in [6.45, 7) is 1.65. The van der Waals surface area contributed by atoms with Gasteiger partial charge in [0.25, 0.3) is 0 Å². The average molecular weight is 367 g/mol. The van der Waals surface area contributed by atoms with E-state index in [0.29, 0.717) is 5.92 Å². The topological polar surface area (TPSA) is 50.4 Å². The van der Waals surface area contributed by atoms with Crippen molar-refractivity contribution >= 4 is 18.3 Å². The molecule has 0 bridgehead atoms. The molecule has 0 heterocycles. The first kappa shape index (κ1) is 20.6. The zero-order valence-electron chi connectivity index (χ0n) is 13.4. The van der Waals surface area contributed by atoms with Gasteiger partial charge in [0, 0.05) is 0 Å². The van der Waals surface area contributed by atoms with Crippen molar-refractivity contribution in [2.24, 2.45) is 5.92 Å². The van der Waals surface area contributed by atoms with E-state index in [2.05, 4.69) is 15.4 Å². The van der Waals surface area contributed by atoms with Crippen molar-refractivity contribution in [3.63, 3.8) is 0 Å². The van der Waals surface area contributed by atoms with Crippen LogP contribution in [0.15, 0.2) is 24.3 Å². The molecule has 1 amide bonds. The molecule has 8 heteroatoms. The molecule has 2 rings (SSSR count). The van der Waals surface area contributed by atoms with Crippen molar-refractivity contribution in [1.82, 2.24) is 10.6 Å². The quantitative estimate of drug-likeness (QED) is 0.742. The minimum atomic E-state index is -4.35. The second-order valence-electron chi connectivity index (χ2n) is 5.84. The van der Waals surface area contributed by atoms with Crippen LogP contribution in [0, 0.1) is 5.92 Å². The second-order valence-corrected chi connectivity index (χ2v) is 5.84. The van der Waals surface area contributed by atoms with Gasteiger partial charge in [0.2, 0.25) is 5.91 Å². The number of hydrogen-bond donors (Lipinski definition) is 2. The van der Waals surface area contributed by atoms with Gasteiger partial charge in [0.1, 0.15) is 5.75 Å². The molecule has 1 aliphatic rings. The summed E-state index contributed by atoms with van der Waals surface area (Å²) in [6.07, 6.45) is -1.89. The molecule has 0 spiro atoms. The van der Waals surface area contributed by atoms with E-state index in [1.54, 1.807) is 12.1 Å². The van der Waals surface area contributed by atoms with Crippen LogP contribution in [-0.4, -0.2) is 31.8 Å². The maximum absolute atomic E-state index is 12.1. The molecule has 1 aromatic carbocycles. The Bertz CT molecular complexity index is 519. The Morgan fingerprint density at radius 1 is 1.29 bits per heavy atom. The summed E-state index contributed by atoms with van der Waals surface area (Å²) < 4.78 is 40.9. The normalized spacial score (nSPS) is 15.3. The third-order valence-corrected chi connectivity index (χ3v) is 3.58. The first-order valence-electron chi connectivity index (χ1n) is 7.63. The lowest BCUT2D eigenvalue weighted by Crippen LogP contribution is -2.36.